The van der Waals surface area contributed by atoms with Gasteiger partial charge in [0.1, 0.15) is 11.5 Å². The molecule has 29 heavy (non-hydrogen) atoms. The van der Waals surface area contributed by atoms with Gasteiger partial charge in [-0.2, -0.15) is 8.78 Å². The minimum atomic E-state index is -2.92. The van der Waals surface area contributed by atoms with Crippen LogP contribution in [0.3, 0.4) is 0 Å². The number of tetrazole rings is 1. The van der Waals surface area contributed by atoms with Crippen molar-refractivity contribution in [2.24, 2.45) is 0 Å². The summed E-state index contributed by atoms with van der Waals surface area (Å²) in [6.45, 7) is -0.527. The number of halogens is 3. The zero-order chi connectivity index (χ0) is 20.4. The second-order valence-electron chi connectivity index (χ2n) is 6.43. The number of alkyl halides is 2. The van der Waals surface area contributed by atoms with Crippen molar-refractivity contribution in [1.29, 1.82) is 0 Å². The third-order valence-electron chi connectivity index (χ3n) is 4.70. The highest BCUT2D eigenvalue weighted by molar-refractivity contribution is 6.32. The van der Waals surface area contributed by atoms with Gasteiger partial charge in [0.2, 0.25) is 5.95 Å². The van der Waals surface area contributed by atoms with Gasteiger partial charge in [-0.3, -0.25) is 0 Å². The molecule has 0 radical (unpaired) electrons. The van der Waals surface area contributed by atoms with E-state index >= 15 is 0 Å². The van der Waals surface area contributed by atoms with Crippen LogP contribution in [0.25, 0.3) is 0 Å². The van der Waals surface area contributed by atoms with Crippen molar-refractivity contribution in [1.82, 2.24) is 20.2 Å². The van der Waals surface area contributed by atoms with Crippen molar-refractivity contribution in [2.45, 2.75) is 32.0 Å². The number of para-hydroxylation sites is 1. The molecule has 3 aromatic rings. The van der Waals surface area contributed by atoms with Crippen LogP contribution in [0.1, 0.15) is 36.6 Å². The Morgan fingerprint density at radius 1 is 1.24 bits per heavy atom. The van der Waals surface area contributed by atoms with E-state index < -0.39 is 12.7 Å². The van der Waals surface area contributed by atoms with Crippen LogP contribution in [-0.2, 0) is 0 Å². The highest BCUT2D eigenvalue weighted by Gasteiger charge is 2.33. The molecule has 2 aromatic carbocycles. The SMILES string of the molecule is CCOc1ccc([C@@H]2C[C@@H](c3ccccc3OC(F)F)n3nnnc3N2)cc1Cl. The Hall–Kier alpha value is -2.94. The molecule has 0 bridgehead atoms. The number of nitrogens with zero attached hydrogens (tertiary/aromatic N) is 4. The number of aromatic nitrogens is 4. The molecule has 0 unspecified atom stereocenters. The molecule has 2 heterocycles. The van der Waals surface area contributed by atoms with Gasteiger partial charge < -0.3 is 14.8 Å². The second kappa shape index (κ2) is 8.20. The summed E-state index contributed by atoms with van der Waals surface area (Å²) in [4.78, 5) is 0. The lowest BCUT2D eigenvalue weighted by Gasteiger charge is -2.31. The first-order valence-corrected chi connectivity index (χ1v) is 9.45. The van der Waals surface area contributed by atoms with E-state index in [1.807, 2.05) is 25.1 Å². The Morgan fingerprint density at radius 3 is 2.83 bits per heavy atom. The summed E-state index contributed by atoms with van der Waals surface area (Å²) in [5, 5.41) is 15.5. The molecule has 0 fully saturated rings. The molecular formula is C19H18ClF2N5O2. The van der Waals surface area contributed by atoms with Gasteiger partial charge in [-0.1, -0.05) is 41.0 Å². The van der Waals surface area contributed by atoms with Gasteiger partial charge in [0.05, 0.1) is 23.7 Å². The first-order valence-electron chi connectivity index (χ1n) is 9.07. The highest BCUT2D eigenvalue weighted by Crippen LogP contribution is 2.41. The molecule has 1 aliphatic rings. The molecule has 152 valence electrons. The van der Waals surface area contributed by atoms with E-state index in [1.54, 1.807) is 22.9 Å². The number of hydrogen-bond donors (Lipinski definition) is 1. The fraction of sp³-hybridized carbons (Fsp3) is 0.316. The number of nitrogens with one attached hydrogen (secondary N) is 1. The topological polar surface area (TPSA) is 74.1 Å². The number of rotatable bonds is 6. The smallest absolute Gasteiger partial charge is 0.387 e. The normalized spacial score (nSPS) is 18.2. The van der Waals surface area contributed by atoms with Crippen LogP contribution >= 0.6 is 11.6 Å². The van der Waals surface area contributed by atoms with Gasteiger partial charge >= 0.3 is 6.61 Å². The minimum Gasteiger partial charge on any atom is -0.492 e. The van der Waals surface area contributed by atoms with Crippen LogP contribution in [0.4, 0.5) is 14.7 Å². The van der Waals surface area contributed by atoms with Crippen molar-refractivity contribution in [3.8, 4) is 11.5 Å². The number of benzene rings is 2. The predicted molar refractivity (Wildman–Crippen MR) is 103 cm³/mol. The standard InChI is InChI=1S/C19H18ClF2N5O2/c1-2-28-17-8-7-11(9-13(17)20)14-10-15(27-19(23-14)24-25-26-27)12-5-3-4-6-16(12)29-18(21)22/h3-9,14-15,18H,2,10H2,1H3,(H,23,24,26)/t14-,15-/m0/s1. The molecule has 0 saturated carbocycles. The van der Waals surface area contributed by atoms with Crippen molar-refractivity contribution in [2.75, 3.05) is 11.9 Å². The molecule has 7 nitrogen and oxygen atoms in total. The van der Waals surface area contributed by atoms with Gasteiger partial charge in [-0.15, -0.1) is 0 Å². The number of ether oxygens (including phenoxy) is 2. The zero-order valence-electron chi connectivity index (χ0n) is 15.4. The lowest BCUT2D eigenvalue weighted by Crippen LogP contribution is -2.28. The monoisotopic (exact) mass is 421 g/mol. The molecule has 0 saturated heterocycles. The largest absolute Gasteiger partial charge is 0.492 e. The average Bonchev–Trinajstić information content (AvgIpc) is 3.18. The van der Waals surface area contributed by atoms with Gasteiger partial charge in [-0.25, -0.2) is 4.68 Å². The number of anilines is 1. The molecule has 0 aliphatic carbocycles. The third-order valence-corrected chi connectivity index (χ3v) is 5.00. The summed E-state index contributed by atoms with van der Waals surface area (Å²) in [6.07, 6.45) is 0.506. The van der Waals surface area contributed by atoms with E-state index in [0.29, 0.717) is 35.3 Å². The summed E-state index contributed by atoms with van der Waals surface area (Å²) in [5.74, 6) is 1.13. The maximum atomic E-state index is 12.9. The molecule has 0 amide bonds. The summed E-state index contributed by atoms with van der Waals surface area (Å²) in [6, 6.07) is 11.6. The van der Waals surface area contributed by atoms with E-state index in [9.17, 15) is 8.78 Å². The molecular weight excluding hydrogens is 404 g/mol. The van der Waals surface area contributed by atoms with E-state index in [2.05, 4.69) is 20.8 Å². The fourth-order valence-corrected chi connectivity index (χ4v) is 3.72. The second-order valence-corrected chi connectivity index (χ2v) is 6.84. The van der Waals surface area contributed by atoms with Crippen molar-refractivity contribution < 1.29 is 18.3 Å². The third kappa shape index (κ3) is 3.95. The van der Waals surface area contributed by atoms with Gasteiger partial charge in [0.25, 0.3) is 0 Å². The summed E-state index contributed by atoms with van der Waals surface area (Å²) in [5.41, 5.74) is 1.48. The van der Waals surface area contributed by atoms with Gasteiger partial charge in [-0.05, 0) is 47.5 Å². The van der Waals surface area contributed by atoms with E-state index in [0.717, 1.165) is 5.56 Å². The van der Waals surface area contributed by atoms with Crippen LogP contribution in [0.15, 0.2) is 42.5 Å². The molecule has 1 N–H and O–H groups in total. The lowest BCUT2D eigenvalue weighted by molar-refractivity contribution is -0.0507. The summed E-state index contributed by atoms with van der Waals surface area (Å²) < 4.78 is 37.5. The molecule has 4 rings (SSSR count). The van der Waals surface area contributed by atoms with Crippen LogP contribution in [0.2, 0.25) is 5.02 Å². The van der Waals surface area contributed by atoms with E-state index in [4.69, 9.17) is 21.1 Å². The first-order chi connectivity index (χ1) is 14.1. The van der Waals surface area contributed by atoms with Crippen LogP contribution in [-0.4, -0.2) is 33.4 Å². The summed E-state index contributed by atoms with van der Waals surface area (Å²) >= 11 is 6.34. The lowest BCUT2D eigenvalue weighted by atomic mass is 9.93. The van der Waals surface area contributed by atoms with Gasteiger partial charge in [0, 0.05) is 5.56 Å². The zero-order valence-corrected chi connectivity index (χ0v) is 16.2. The Labute approximate surface area is 170 Å². The number of fused-ring (bicyclic) bond motifs is 1. The molecule has 10 heteroatoms. The van der Waals surface area contributed by atoms with Crippen molar-refractivity contribution >= 4 is 17.5 Å². The van der Waals surface area contributed by atoms with Crippen LogP contribution in [0.5, 0.6) is 11.5 Å². The first kappa shape index (κ1) is 19.4. The Morgan fingerprint density at radius 2 is 2.07 bits per heavy atom. The average molecular weight is 422 g/mol. The minimum absolute atomic E-state index is 0.0966. The fourth-order valence-electron chi connectivity index (χ4n) is 3.48. The van der Waals surface area contributed by atoms with Crippen molar-refractivity contribution in [3.63, 3.8) is 0 Å². The predicted octanol–water partition coefficient (Wildman–Crippen LogP) is 4.47. The van der Waals surface area contributed by atoms with Gasteiger partial charge in [0.15, 0.2) is 0 Å². The van der Waals surface area contributed by atoms with E-state index in [1.165, 1.54) is 6.07 Å². The van der Waals surface area contributed by atoms with Crippen LogP contribution < -0.4 is 14.8 Å². The molecule has 1 aromatic heterocycles. The molecule has 1 aliphatic heterocycles. The maximum absolute atomic E-state index is 12.9. The van der Waals surface area contributed by atoms with Crippen molar-refractivity contribution in [3.05, 3.63) is 58.6 Å². The van der Waals surface area contributed by atoms with E-state index in [-0.39, 0.29) is 11.8 Å². The Balaban J connectivity index is 1.70. The quantitative estimate of drug-likeness (QED) is 0.633. The van der Waals surface area contributed by atoms with Crippen LogP contribution in [0, 0.1) is 0 Å². The Kier molecular flexibility index (Phi) is 5.48. The maximum Gasteiger partial charge on any atom is 0.387 e. The Bertz CT molecular complexity index is 1000. The number of hydrogen-bond acceptors (Lipinski definition) is 6. The summed E-state index contributed by atoms with van der Waals surface area (Å²) in [7, 11) is 0. The molecule has 0 spiro atoms. The molecule has 2 atom stereocenters. The highest BCUT2D eigenvalue weighted by atomic mass is 35.5.